The molecule has 22 heavy (non-hydrogen) atoms. The third-order valence-corrected chi connectivity index (χ3v) is 7.20. The van der Waals surface area contributed by atoms with Gasteiger partial charge in [0.25, 0.3) is 0 Å². The van der Waals surface area contributed by atoms with Gasteiger partial charge < -0.3 is 0 Å². The largest absolute Gasteiger partial charge is 0.296 e. The highest BCUT2D eigenvalue weighted by molar-refractivity contribution is 5.98. The van der Waals surface area contributed by atoms with Gasteiger partial charge in [-0.25, -0.2) is 4.39 Å². The first-order chi connectivity index (χ1) is 10.4. The monoisotopic (exact) mass is 302 g/mol. The van der Waals surface area contributed by atoms with Crippen molar-refractivity contribution < 1.29 is 14.0 Å². The highest BCUT2D eigenvalue weighted by Gasteiger charge is 2.62. The molecular formula is C19H23FO2. The van der Waals surface area contributed by atoms with Crippen LogP contribution in [0.15, 0.2) is 23.8 Å². The molecule has 3 heteroatoms. The second-order valence-corrected chi connectivity index (χ2v) is 8.12. The van der Waals surface area contributed by atoms with Gasteiger partial charge in [0.05, 0.1) is 0 Å². The van der Waals surface area contributed by atoms with Crippen LogP contribution in [0.3, 0.4) is 0 Å². The van der Waals surface area contributed by atoms with Crippen LogP contribution in [0.1, 0.15) is 46.0 Å². The van der Waals surface area contributed by atoms with E-state index in [1.807, 2.05) is 6.92 Å². The Hall–Kier alpha value is -1.25. The van der Waals surface area contributed by atoms with Crippen molar-refractivity contribution in [3.05, 3.63) is 23.8 Å². The Labute approximate surface area is 130 Å². The highest BCUT2D eigenvalue weighted by Crippen LogP contribution is 2.62. The molecule has 0 aromatic rings. The summed E-state index contributed by atoms with van der Waals surface area (Å²) >= 11 is 0. The van der Waals surface area contributed by atoms with Crippen molar-refractivity contribution in [1.82, 2.24) is 0 Å². The molecule has 2 fully saturated rings. The molecule has 0 radical (unpaired) electrons. The SMILES string of the molecule is C[C@]12CCC=CC1=CC(=O)[C@@H]1[C@H]2CC[C@]2(C)C(=O)C(F)C[C@@H]12. The van der Waals surface area contributed by atoms with E-state index in [1.165, 1.54) is 0 Å². The van der Waals surface area contributed by atoms with Crippen molar-refractivity contribution in [2.24, 2.45) is 28.6 Å². The Morgan fingerprint density at radius 2 is 1.91 bits per heavy atom. The van der Waals surface area contributed by atoms with Gasteiger partial charge in [0.15, 0.2) is 17.7 Å². The Balaban J connectivity index is 1.80. The minimum atomic E-state index is -1.37. The summed E-state index contributed by atoms with van der Waals surface area (Å²) in [6, 6.07) is 0. The van der Waals surface area contributed by atoms with Crippen molar-refractivity contribution in [3.8, 4) is 0 Å². The van der Waals surface area contributed by atoms with Crippen LogP contribution in [0.4, 0.5) is 4.39 Å². The van der Waals surface area contributed by atoms with Crippen LogP contribution in [0.5, 0.6) is 0 Å². The Morgan fingerprint density at radius 1 is 1.14 bits per heavy atom. The molecule has 4 rings (SSSR count). The Morgan fingerprint density at radius 3 is 2.68 bits per heavy atom. The fourth-order valence-electron chi connectivity index (χ4n) is 5.80. The number of carbonyl (C=O) groups is 2. The number of hydrogen-bond acceptors (Lipinski definition) is 2. The smallest absolute Gasteiger partial charge is 0.173 e. The van der Waals surface area contributed by atoms with Crippen molar-refractivity contribution in [3.63, 3.8) is 0 Å². The number of hydrogen-bond donors (Lipinski definition) is 0. The van der Waals surface area contributed by atoms with Gasteiger partial charge in [0, 0.05) is 11.3 Å². The normalized spacial score (nSPS) is 50.2. The summed E-state index contributed by atoms with van der Waals surface area (Å²) in [5.74, 6) is -0.138. The molecule has 0 heterocycles. The van der Waals surface area contributed by atoms with Crippen LogP contribution in [0.25, 0.3) is 0 Å². The number of fused-ring (bicyclic) bond motifs is 5. The van der Waals surface area contributed by atoms with Gasteiger partial charge in [0.2, 0.25) is 0 Å². The van der Waals surface area contributed by atoms with Crippen molar-refractivity contribution >= 4 is 11.6 Å². The van der Waals surface area contributed by atoms with E-state index in [4.69, 9.17) is 0 Å². The molecule has 4 aliphatic rings. The maximum absolute atomic E-state index is 14.1. The molecule has 6 atom stereocenters. The maximum Gasteiger partial charge on any atom is 0.173 e. The fraction of sp³-hybridized carbons (Fsp3) is 0.684. The summed E-state index contributed by atoms with van der Waals surface area (Å²) in [6.07, 6.45) is 8.61. The summed E-state index contributed by atoms with van der Waals surface area (Å²) in [7, 11) is 0. The van der Waals surface area contributed by atoms with Crippen LogP contribution < -0.4 is 0 Å². The van der Waals surface area contributed by atoms with Gasteiger partial charge in [-0.05, 0) is 61.0 Å². The van der Waals surface area contributed by atoms with Crippen molar-refractivity contribution in [1.29, 1.82) is 0 Å². The third kappa shape index (κ3) is 1.60. The number of halogens is 1. The lowest BCUT2D eigenvalue weighted by molar-refractivity contribution is -0.139. The van der Waals surface area contributed by atoms with E-state index >= 15 is 0 Å². The lowest BCUT2D eigenvalue weighted by Gasteiger charge is -2.54. The zero-order chi connectivity index (χ0) is 15.7. The van der Waals surface area contributed by atoms with Crippen LogP contribution >= 0.6 is 0 Å². The number of alkyl halides is 1. The van der Waals surface area contributed by atoms with E-state index in [2.05, 4.69) is 19.1 Å². The summed E-state index contributed by atoms with van der Waals surface area (Å²) in [4.78, 5) is 25.1. The molecule has 0 spiro atoms. The molecule has 0 N–H and O–H groups in total. The summed E-state index contributed by atoms with van der Waals surface area (Å²) in [5.41, 5.74) is 0.545. The van der Waals surface area contributed by atoms with E-state index < -0.39 is 11.6 Å². The minimum absolute atomic E-state index is 0.0199. The van der Waals surface area contributed by atoms with Gasteiger partial charge in [0.1, 0.15) is 0 Å². The van der Waals surface area contributed by atoms with Crippen LogP contribution in [-0.2, 0) is 9.59 Å². The zero-order valence-corrected chi connectivity index (χ0v) is 13.3. The van der Waals surface area contributed by atoms with Crippen LogP contribution in [0.2, 0.25) is 0 Å². The zero-order valence-electron chi connectivity index (χ0n) is 13.3. The van der Waals surface area contributed by atoms with Gasteiger partial charge >= 0.3 is 0 Å². The molecule has 0 aromatic carbocycles. The van der Waals surface area contributed by atoms with E-state index in [9.17, 15) is 14.0 Å². The van der Waals surface area contributed by atoms with E-state index in [0.717, 1.165) is 31.3 Å². The standard InChI is InChI=1S/C19H23FO2/c1-18-7-4-3-5-11(18)9-15(21)16-12(18)6-8-19(2)13(16)10-14(20)17(19)22/h3,5,9,12-14,16H,4,6-8,10H2,1-2H3/t12-,13+,14?,16-,18+,19+/m1/s1. The van der Waals surface area contributed by atoms with Crippen LogP contribution in [-0.4, -0.2) is 17.7 Å². The molecule has 0 aliphatic heterocycles. The van der Waals surface area contributed by atoms with Crippen LogP contribution in [0, 0.1) is 28.6 Å². The predicted octanol–water partition coefficient (Wildman–Crippen LogP) is 3.81. The third-order valence-electron chi connectivity index (χ3n) is 7.20. The number of rotatable bonds is 0. The molecule has 4 aliphatic carbocycles. The second-order valence-electron chi connectivity index (χ2n) is 8.12. The molecule has 0 bridgehead atoms. The lowest BCUT2D eigenvalue weighted by atomic mass is 9.48. The summed E-state index contributed by atoms with van der Waals surface area (Å²) in [5, 5.41) is 0. The average Bonchev–Trinajstić information content (AvgIpc) is 2.71. The molecule has 0 aromatic heterocycles. The Bertz CT molecular complexity index is 619. The van der Waals surface area contributed by atoms with Gasteiger partial charge in [-0.2, -0.15) is 0 Å². The molecular weight excluding hydrogens is 279 g/mol. The molecule has 2 nitrogen and oxygen atoms in total. The predicted molar refractivity (Wildman–Crippen MR) is 81.9 cm³/mol. The minimum Gasteiger partial charge on any atom is -0.296 e. The first kappa shape index (κ1) is 14.3. The van der Waals surface area contributed by atoms with Gasteiger partial charge in [-0.3, -0.25) is 9.59 Å². The van der Waals surface area contributed by atoms with Gasteiger partial charge in [-0.1, -0.05) is 26.0 Å². The molecule has 118 valence electrons. The van der Waals surface area contributed by atoms with Crippen molar-refractivity contribution in [2.75, 3.05) is 0 Å². The fourth-order valence-corrected chi connectivity index (χ4v) is 5.80. The Kier molecular flexibility index (Phi) is 2.87. The number of allylic oxidation sites excluding steroid dienone is 4. The lowest BCUT2D eigenvalue weighted by Crippen LogP contribution is -2.52. The molecule has 2 saturated carbocycles. The highest BCUT2D eigenvalue weighted by atomic mass is 19.1. The van der Waals surface area contributed by atoms with E-state index in [1.54, 1.807) is 6.08 Å². The quantitative estimate of drug-likeness (QED) is 0.682. The molecule has 1 unspecified atom stereocenters. The topological polar surface area (TPSA) is 34.1 Å². The van der Waals surface area contributed by atoms with Gasteiger partial charge in [-0.15, -0.1) is 0 Å². The molecule has 0 amide bonds. The summed E-state index contributed by atoms with van der Waals surface area (Å²) in [6.45, 7) is 4.16. The molecule has 0 saturated heterocycles. The number of carbonyl (C=O) groups excluding carboxylic acids is 2. The first-order valence-corrected chi connectivity index (χ1v) is 8.49. The first-order valence-electron chi connectivity index (χ1n) is 8.49. The van der Waals surface area contributed by atoms with E-state index in [0.29, 0.717) is 0 Å². The number of ketones is 2. The van der Waals surface area contributed by atoms with Crippen molar-refractivity contribution in [2.45, 2.75) is 52.1 Å². The summed E-state index contributed by atoms with van der Waals surface area (Å²) < 4.78 is 14.1. The second kappa shape index (κ2) is 4.39. The average molecular weight is 302 g/mol. The van der Waals surface area contributed by atoms with E-state index in [-0.39, 0.29) is 41.2 Å². The number of Topliss-reactive ketones (excluding diaryl/α,β-unsaturated/α-hetero) is 1. The maximum atomic E-state index is 14.1.